The molecule has 0 aliphatic carbocycles. The molecule has 86 valence electrons. The molecule has 1 aromatic heterocycles. The van der Waals surface area contributed by atoms with Crippen molar-refractivity contribution >= 4 is 33.3 Å². The highest BCUT2D eigenvalue weighted by atomic mass is 79.9. The van der Waals surface area contributed by atoms with Gasteiger partial charge in [0.25, 0.3) is 0 Å². The van der Waals surface area contributed by atoms with E-state index in [-0.39, 0.29) is 12.2 Å². The minimum Gasteiger partial charge on any atom is -0.292 e. The molecule has 5 heteroatoms. The summed E-state index contributed by atoms with van der Waals surface area (Å²) in [6, 6.07) is 5.44. The fourth-order valence-electron chi connectivity index (χ4n) is 1.37. The van der Waals surface area contributed by atoms with E-state index >= 15 is 0 Å². The second kappa shape index (κ2) is 5.38. The second-order valence-corrected chi connectivity index (χ2v) is 4.75. The van der Waals surface area contributed by atoms with E-state index in [2.05, 4.69) is 25.9 Å². The monoisotopic (exact) mass is 310 g/mol. The van der Waals surface area contributed by atoms with Crippen LogP contribution in [0.4, 0.5) is 0 Å². The number of carbonyl (C=O) groups is 1. The lowest BCUT2D eigenvalue weighted by molar-refractivity contribution is 0.0988. The molecule has 1 heterocycles. The molecular weight excluding hydrogens is 304 g/mol. The quantitative estimate of drug-likeness (QED) is 0.817. The highest BCUT2D eigenvalue weighted by Crippen LogP contribution is 2.22. The molecule has 1 aromatic carbocycles. The molecule has 0 spiro atoms. The summed E-state index contributed by atoms with van der Waals surface area (Å²) in [6.07, 6.45) is 4.71. The van der Waals surface area contributed by atoms with Gasteiger partial charge in [0, 0.05) is 28.3 Å². The largest absolute Gasteiger partial charge is 0.292 e. The third kappa shape index (κ3) is 3.11. The first-order chi connectivity index (χ1) is 8.16. The maximum Gasteiger partial charge on any atom is 0.187 e. The molecule has 2 rings (SSSR count). The first kappa shape index (κ1) is 12.2. The third-order valence-corrected chi connectivity index (χ3v) is 3.06. The molecule has 0 atom stereocenters. The highest BCUT2D eigenvalue weighted by Gasteiger charge is 2.10. The lowest BCUT2D eigenvalue weighted by Crippen LogP contribution is -2.06. The van der Waals surface area contributed by atoms with Gasteiger partial charge in [0.2, 0.25) is 0 Å². The van der Waals surface area contributed by atoms with Crippen LogP contribution in [0, 0.1) is 0 Å². The lowest BCUT2D eigenvalue weighted by atomic mass is 10.1. The average molecular weight is 312 g/mol. The molecule has 0 fully saturated rings. The molecule has 0 N–H and O–H groups in total. The molecular formula is C12H8BrClN2O. The number of Topliss-reactive ketones (excluding diaryl/α,β-unsaturated/α-hetero) is 1. The molecule has 0 unspecified atom stereocenters. The van der Waals surface area contributed by atoms with E-state index in [4.69, 9.17) is 11.6 Å². The molecule has 0 aliphatic heterocycles. The smallest absolute Gasteiger partial charge is 0.187 e. The van der Waals surface area contributed by atoms with E-state index < -0.39 is 0 Å². The van der Waals surface area contributed by atoms with Crippen LogP contribution in [0.15, 0.2) is 41.3 Å². The van der Waals surface area contributed by atoms with Gasteiger partial charge in [-0.3, -0.25) is 9.78 Å². The van der Waals surface area contributed by atoms with Gasteiger partial charge in [-0.25, -0.2) is 4.98 Å². The van der Waals surface area contributed by atoms with Crippen LogP contribution in [-0.2, 0) is 6.42 Å². The Labute approximate surface area is 112 Å². The van der Waals surface area contributed by atoms with Crippen molar-refractivity contribution in [3.05, 3.63) is 57.5 Å². The highest BCUT2D eigenvalue weighted by molar-refractivity contribution is 9.10. The number of carbonyl (C=O) groups excluding carboxylic acids is 1. The van der Waals surface area contributed by atoms with Gasteiger partial charge in [-0.15, -0.1) is 0 Å². The van der Waals surface area contributed by atoms with Crippen molar-refractivity contribution in [2.45, 2.75) is 6.42 Å². The standard InChI is InChI=1S/C12H8BrClN2O/c13-9-2-1-8(10(14)6-9)5-12(17)11-7-15-3-4-16-11/h1-4,6-7H,5H2. The Bertz CT molecular complexity index is 545. The Morgan fingerprint density at radius 1 is 1.35 bits per heavy atom. The number of benzene rings is 1. The fraction of sp³-hybridized carbons (Fsp3) is 0.0833. The van der Waals surface area contributed by atoms with Gasteiger partial charge in [-0.2, -0.15) is 0 Å². The third-order valence-electron chi connectivity index (χ3n) is 2.21. The van der Waals surface area contributed by atoms with Gasteiger partial charge in [-0.05, 0) is 17.7 Å². The molecule has 0 radical (unpaired) electrons. The van der Waals surface area contributed by atoms with Crippen LogP contribution >= 0.6 is 27.5 Å². The molecule has 0 amide bonds. The minimum absolute atomic E-state index is 0.0951. The van der Waals surface area contributed by atoms with Crippen molar-refractivity contribution in [3.8, 4) is 0 Å². The van der Waals surface area contributed by atoms with Gasteiger partial charge in [0.15, 0.2) is 5.78 Å². The lowest BCUT2D eigenvalue weighted by Gasteiger charge is -2.03. The normalized spacial score (nSPS) is 10.2. The Morgan fingerprint density at radius 3 is 2.82 bits per heavy atom. The number of hydrogen-bond acceptors (Lipinski definition) is 3. The summed E-state index contributed by atoms with van der Waals surface area (Å²) in [7, 11) is 0. The molecule has 17 heavy (non-hydrogen) atoms. The molecule has 2 aromatic rings. The van der Waals surface area contributed by atoms with Crippen LogP contribution in [0.25, 0.3) is 0 Å². The zero-order valence-electron chi connectivity index (χ0n) is 8.73. The van der Waals surface area contributed by atoms with Gasteiger partial charge in [0.1, 0.15) is 5.69 Å². The van der Waals surface area contributed by atoms with E-state index in [0.717, 1.165) is 10.0 Å². The molecule has 0 saturated carbocycles. The van der Waals surface area contributed by atoms with Crippen LogP contribution in [0.3, 0.4) is 0 Å². The van der Waals surface area contributed by atoms with Crippen molar-refractivity contribution in [2.75, 3.05) is 0 Å². The summed E-state index contributed by atoms with van der Waals surface area (Å²) in [5, 5.41) is 0.566. The van der Waals surface area contributed by atoms with Crippen LogP contribution in [0.1, 0.15) is 16.1 Å². The van der Waals surface area contributed by atoms with Gasteiger partial charge in [0.05, 0.1) is 6.20 Å². The van der Waals surface area contributed by atoms with Gasteiger partial charge < -0.3 is 0 Å². The SMILES string of the molecule is O=C(Cc1ccc(Br)cc1Cl)c1cnccn1. The summed E-state index contributed by atoms with van der Waals surface area (Å²) in [5.74, 6) is -0.0951. The predicted octanol–water partition coefficient (Wildman–Crippen LogP) is 3.32. The second-order valence-electron chi connectivity index (χ2n) is 3.43. The number of halogens is 2. The summed E-state index contributed by atoms with van der Waals surface area (Å²) in [6.45, 7) is 0. The summed E-state index contributed by atoms with van der Waals surface area (Å²) in [5.41, 5.74) is 1.14. The van der Waals surface area contributed by atoms with E-state index in [9.17, 15) is 4.79 Å². The maximum absolute atomic E-state index is 11.9. The van der Waals surface area contributed by atoms with Crippen molar-refractivity contribution in [3.63, 3.8) is 0 Å². The summed E-state index contributed by atoms with van der Waals surface area (Å²) < 4.78 is 0.887. The van der Waals surface area contributed by atoms with Crippen molar-refractivity contribution in [1.29, 1.82) is 0 Å². The van der Waals surface area contributed by atoms with Crippen LogP contribution in [-0.4, -0.2) is 15.8 Å². The Balaban J connectivity index is 2.19. The van der Waals surface area contributed by atoms with Crippen molar-refractivity contribution in [2.24, 2.45) is 0 Å². The zero-order chi connectivity index (χ0) is 12.3. The minimum atomic E-state index is -0.0951. The number of hydrogen-bond donors (Lipinski definition) is 0. The summed E-state index contributed by atoms with van der Waals surface area (Å²) in [4.78, 5) is 19.7. The topological polar surface area (TPSA) is 42.9 Å². The van der Waals surface area contributed by atoms with Crippen LogP contribution < -0.4 is 0 Å². The number of rotatable bonds is 3. The zero-order valence-corrected chi connectivity index (χ0v) is 11.1. The molecule has 0 bridgehead atoms. The molecule has 0 saturated heterocycles. The van der Waals surface area contributed by atoms with Crippen LogP contribution in [0.5, 0.6) is 0 Å². The van der Waals surface area contributed by atoms with E-state index in [1.807, 2.05) is 12.1 Å². The van der Waals surface area contributed by atoms with Crippen molar-refractivity contribution < 1.29 is 4.79 Å². The Kier molecular flexibility index (Phi) is 3.86. The maximum atomic E-state index is 11.9. The van der Waals surface area contributed by atoms with E-state index in [1.54, 1.807) is 6.07 Å². The number of ketones is 1. The van der Waals surface area contributed by atoms with Crippen LogP contribution in [0.2, 0.25) is 5.02 Å². The number of nitrogens with zero attached hydrogens (tertiary/aromatic N) is 2. The molecule has 3 nitrogen and oxygen atoms in total. The Morgan fingerprint density at radius 2 is 2.18 bits per heavy atom. The molecule has 0 aliphatic rings. The van der Waals surface area contributed by atoms with Gasteiger partial charge >= 0.3 is 0 Å². The first-order valence-corrected chi connectivity index (χ1v) is 6.07. The summed E-state index contributed by atoms with van der Waals surface area (Å²) >= 11 is 9.36. The fourth-order valence-corrected chi connectivity index (χ4v) is 2.11. The number of aromatic nitrogens is 2. The van der Waals surface area contributed by atoms with Gasteiger partial charge in [-0.1, -0.05) is 33.6 Å². The first-order valence-electron chi connectivity index (χ1n) is 4.90. The Hall–Kier alpha value is -1.26. The predicted molar refractivity (Wildman–Crippen MR) is 69.2 cm³/mol. The van der Waals surface area contributed by atoms with E-state index in [0.29, 0.717) is 10.7 Å². The average Bonchev–Trinajstić information content (AvgIpc) is 2.34. The van der Waals surface area contributed by atoms with Crippen molar-refractivity contribution in [1.82, 2.24) is 9.97 Å². The van der Waals surface area contributed by atoms with E-state index in [1.165, 1.54) is 18.6 Å².